The molecule has 1 fully saturated rings. The number of hydrogen-bond donors (Lipinski definition) is 1. The molecule has 3 heterocycles. The number of nitrogens with zero attached hydrogens (tertiary/aromatic N) is 5. The molecule has 0 aliphatic heterocycles. The van der Waals surface area contributed by atoms with Gasteiger partial charge in [-0.05, 0) is 36.6 Å². The van der Waals surface area contributed by atoms with Crippen LogP contribution in [0.4, 0.5) is 5.69 Å². The lowest BCUT2D eigenvalue weighted by Gasteiger charge is -2.07. The van der Waals surface area contributed by atoms with Crippen LogP contribution in [0.3, 0.4) is 0 Å². The molecule has 4 aromatic rings. The first-order valence-electron chi connectivity index (χ1n) is 8.79. The van der Waals surface area contributed by atoms with E-state index >= 15 is 0 Å². The van der Waals surface area contributed by atoms with Crippen molar-refractivity contribution in [2.75, 3.05) is 5.32 Å². The second-order valence-electron chi connectivity index (χ2n) is 6.62. The Morgan fingerprint density at radius 1 is 1.07 bits per heavy atom. The summed E-state index contributed by atoms with van der Waals surface area (Å²) in [6, 6.07) is 9.56. The van der Waals surface area contributed by atoms with Gasteiger partial charge in [0.2, 0.25) is 0 Å². The minimum atomic E-state index is -0.230. The van der Waals surface area contributed by atoms with E-state index in [0.717, 1.165) is 29.7 Å². The Labute approximate surface area is 155 Å². The summed E-state index contributed by atoms with van der Waals surface area (Å²) in [6.07, 6.45) is 10.7. The van der Waals surface area contributed by atoms with Crippen LogP contribution in [-0.4, -0.2) is 30.5 Å². The largest absolute Gasteiger partial charge is 0.322 e. The maximum Gasteiger partial charge on any atom is 0.261 e. The van der Waals surface area contributed by atoms with Crippen LogP contribution in [0, 0.1) is 0 Å². The molecule has 7 heteroatoms. The van der Waals surface area contributed by atoms with Gasteiger partial charge in [-0.3, -0.25) is 4.79 Å². The number of amides is 1. The zero-order chi connectivity index (χ0) is 18.2. The van der Waals surface area contributed by atoms with E-state index in [-0.39, 0.29) is 5.91 Å². The molecule has 7 nitrogen and oxygen atoms in total. The van der Waals surface area contributed by atoms with E-state index in [1.807, 2.05) is 36.5 Å². The number of carbonyl (C=O) groups is 1. The third-order valence-electron chi connectivity index (χ3n) is 4.65. The fourth-order valence-corrected chi connectivity index (χ4v) is 3.07. The van der Waals surface area contributed by atoms with Crippen LogP contribution in [0.25, 0.3) is 16.8 Å². The van der Waals surface area contributed by atoms with Crippen molar-refractivity contribution < 1.29 is 4.79 Å². The zero-order valence-electron chi connectivity index (χ0n) is 14.4. The van der Waals surface area contributed by atoms with Gasteiger partial charge in [0, 0.05) is 41.5 Å². The van der Waals surface area contributed by atoms with Crippen LogP contribution in [0.5, 0.6) is 0 Å². The van der Waals surface area contributed by atoms with Gasteiger partial charge in [-0.2, -0.15) is 5.10 Å². The first-order valence-corrected chi connectivity index (χ1v) is 8.79. The average Bonchev–Trinajstić information content (AvgIpc) is 3.48. The van der Waals surface area contributed by atoms with Crippen LogP contribution >= 0.6 is 0 Å². The lowest BCUT2D eigenvalue weighted by Crippen LogP contribution is -2.12. The molecule has 0 unspecified atom stereocenters. The van der Waals surface area contributed by atoms with Crippen LogP contribution < -0.4 is 5.32 Å². The van der Waals surface area contributed by atoms with Gasteiger partial charge >= 0.3 is 0 Å². The van der Waals surface area contributed by atoms with Crippen molar-refractivity contribution in [2.24, 2.45) is 0 Å². The van der Waals surface area contributed by atoms with Gasteiger partial charge < -0.3 is 5.32 Å². The minimum Gasteiger partial charge on any atom is -0.322 e. The molecule has 132 valence electrons. The van der Waals surface area contributed by atoms with Gasteiger partial charge in [-0.25, -0.2) is 19.5 Å². The number of fused-ring (bicyclic) bond motifs is 1. The van der Waals surface area contributed by atoms with Gasteiger partial charge in [-0.15, -0.1) is 0 Å². The molecule has 0 saturated heterocycles. The van der Waals surface area contributed by atoms with Crippen molar-refractivity contribution in [2.45, 2.75) is 18.8 Å². The molecule has 3 aromatic heterocycles. The molecule has 0 atom stereocenters. The van der Waals surface area contributed by atoms with Crippen molar-refractivity contribution >= 4 is 17.2 Å². The molecule has 1 aliphatic carbocycles. The summed E-state index contributed by atoms with van der Waals surface area (Å²) in [5, 5.41) is 7.18. The molecule has 1 aliphatic rings. The number of rotatable bonds is 4. The summed E-state index contributed by atoms with van der Waals surface area (Å²) in [6.45, 7) is 0. The zero-order valence-corrected chi connectivity index (χ0v) is 14.4. The maximum atomic E-state index is 12.8. The van der Waals surface area contributed by atoms with Crippen LogP contribution in [0.1, 0.15) is 34.8 Å². The SMILES string of the molecule is O=C(Nc1cccc(-c2cncnc2)c1)c1cnn2ccc(C3CC3)nc12. The Balaban J connectivity index is 1.44. The second kappa shape index (κ2) is 6.28. The standard InChI is InChI=1S/C20H16N6O/c27-20(17-11-23-26-7-6-18(13-4-5-13)25-19(17)26)24-16-3-1-2-14(8-16)15-9-21-12-22-10-15/h1-3,6-13H,4-5H2,(H,24,27). The Morgan fingerprint density at radius 3 is 2.74 bits per heavy atom. The molecule has 27 heavy (non-hydrogen) atoms. The molecule has 1 aromatic carbocycles. The fraction of sp³-hybridized carbons (Fsp3) is 0.150. The van der Waals surface area contributed by atoms with Crippen LogP contribution in [0.2, 0.25) is 0 Å². The number of hydrogen-bond acceptors (Lipinski definition) is 5. The van der Waals surface area contributed by atoms with E-state index in [1.54, 1.807) is 23.1 Å². The van der Waals surface area contributed by atoms with Crippen molar-refractivity contribution in [1.82, 2.24) is 24.6 Å². The number of nitrogens with one attached hydrogen (secondary N) is 1. The number of anilines is 1. The Kier molecular flexibility index (Phi) is 3.64. The maximum absolute atomic E-state index is 12.8. The number of aromatic nitrogens is 5. The van der Waals surface area contributed by atoms with Crippen molar-refractivity contribution in [3.63, 3.8) is 0 Å². The number of benzene rings is 1. The Morgan fingerprint density at radius 2 is 1.93 bits per heavy atom. The van der Waals surface area contributed by atoms with Gasteiger partial charge in [-0.1, -0.05) is 12.1 Å². The third-order valence-corrected chi connectivity index (χ3v) is 4.65. The third kappa shape index (κ3) is 3.03. The predicted octanol–water partition coefficient (Wildman–Crippen LogP) is 3.32. The molecule has 5 rings (SSSR count). The van der Waals surface area contributed by atoms with Crippen molar-refractivity contribution in [3.8, 4) is 11.1 Å². The summed E-state index contributed by atoms with van der Waals surface area (Å²) in [5.41, 5.74) is 4.60. The lowest BCUT2D eigenvalue weighted by molar-refractivity contribution is 0.102. The van der Waals surface area contributed by atoms with Crippen molar-refractivity contribution in [1.29, 1.82) is 0 Å². The highest BCUT2D eigenvalue weighted by Crippen LogP contribution is 2.39. The lowest BCUT2D eigenvalue weighted by atomic mass is 10.1. The van der Waals surface area contributed by atoms with E-state index in [2.05, 4.69) is 25.4 Å². The predicted molar refractivity (Wildman–Crippen MR) is 100 cm³/mol. The molecule has 0 bridgehead atoms. The van der Waals surface area contributed by atoms with Gasteiger partial charge in [0.15, 0.2) is 5.65 Å². The Bertz CT molecular complexity index is 1130. The molecule has 0 spiro atoms. The first kappa shape index (κ1) is 15.6. The molecule has 1 N–H and O–H groups in total. The minimum absolute atomic E-state index is 0.230. The number of carbonyl (C=O) groups excluding carboxylic acids is 1. The molecule has 1 amide bonds. The van der Waals surface area contributed by atoms with Crippen LogP contribution in [0.15, 0.2) is 61.4 Å². The topological polar surface area (TPSA) is 85.1 Å². The highest BCUT2D eigenvalue weighted by atomic mass is 16.1. The van der Waals surface area contributed by atoms with E-state index < -0.39 is 0 Å². The molecular formula is C20H16N6O. The quantitative estimate of drug-likeness (QED) is 0.606. The highest BCUT2D eigenvalue weighted by molar-refractivity contribution is 6.08. The van der Waals surface area contributed by atoms with E-state index in [4.69, 9.17) is 0 Å². The smallest absolute Gasteiger partial charge is 0.261 e. The highest BCUT2D eigenvalue weighted by Gasteiger charge is 2.26. The average molecular weight is 356 g/mol. The van der Waals surface area contributed by atoms with E-state index in [0.29, 0.717) is 22.8 Å². The van der Waals surface area contributed by atoms with Crippen molar-refractivity contribution in [3.05, 3.63) is 72.7 Å². The first-order chi connectivity index (χ1) is 13.3. The summed E-state index contributed by atoms with van der Waals surface area (Å²) in [4.78, 5) is 25.5. The molecular weight excluding hydrogens is 340 g/mol. The van der Waals surface area contributed by atoms with E-state index in [9.17, 15) is 4.79 Å². The Hall–Kier alpha value is -3.61. The normalized spacial score (nSPS) is 13.6. The van der Waals surface area contributed by atoms with E-state index in [1.165, 1.54) is 6.33 Å². The summed E-state index contributed by atoms with van der Waals surface area (Å²) >= 11 is 0. The van der Waals surface area contributed by atoms with Gasteiger partial charge in [0.05, 0.1) is 6.20 Å². The fourth-order valence-electron chi connectivity index (χ4n) is 3.07. The second-order valence-corrected chi connectivity index (χ2v) is 6.62. The summed E-state index contributed by atoms with van der Waals surface area (Å²) in [5.74, 6) is 0.289. The van der Waals surface area contributed by atoms with Gasteiger partial charge in [0.25, 0.3) is 5.91 Å². The van der Waals surface area contributed by atoms with Crippen LogP contribution in [-0.2, 0) is 0 Å². The van der Waals surface area contributed by atoms with Gasteiger partial charge in [0.1, 0.15) is 11.9 Å². The monoisotopic (exact) mass is 356 g/mol. The summed E-state index contributed by atoms with van der Waals surface area (Å²) in [7, 11) is 0. The molecule has 1 saturated carbocycles. The molecule has 0 radical (unpaired) electrons. The summed E-state index contributed by atoms with van der Waals surface area (Å²) < 4.78 is 1.64.